The van der Waals surface area contributed by atoms with Gasteiger partial charge in [-0.25, -0.2) is 13.9 Å². The second kappa shape index (κ2) is 10.7. The average Bonchev–Trinajstić information content (AvgIpc) is 3.31. The molecule has 0 saturated carbocycles. The van der Waals surface area contributed by atoms with Crippen molar-refractivity contribution in [1.82, 2.24) is 19.6 Å². The van der Waals surface area contributed by atoms with E-state index in [2.05, 4.69) is 20.4 Å². The first-order chi connectivity index (χ1) is 18.4. The fourth-order valence-electron chi connectivity index (χ4n) is 3.60. The molecule has 5 rings (SSSR count). The maximum Gasteiger partial charge on any atom is 0.254 e. The largest absolute Gasteiger partial charge is 0.489 e. The Kier molecular flexibility index (Phi) is 6.89. The minimum absolute atomic E-state index is 0.0187. The third kappa shape index (κ3) is 5.73. The molecule has 190 valence electrons. The van der Waals surface area contributed by atoms with E-state index >= 15 is 0 Å². The number of fused-ring (bicyclic) bond motifs is 1. The van der Waals surface area contributed by atoms with Gasteiger partial charge in [-0.05, 0) is 41.5 Å². The van der Waals surface area contributed by atoms with Crippen molar-refractivity contribution in [3.63, 3.8) is 0 Å². The fraction of sp³-hybridized carbons (Fsp3) is 0.0741. The molecule has 0 unspecified atom stereocenters. The standard InChI is InChI=1S/C27H21FN6O4/c28-21-13-18(8-9-22(21)38-26-20(25(29)36)7-4-11-30-26)14-24(35)32-27-31-23-15-19(10-12-34(23)33-27)37-16-17-5-2-1-3-6-17/h1-13,15H,14,16H2,(H2,29,36)(H,32,33,35). The van der Waals surface area contributed by atoms with Crippen LogP contribution in [0.2, 0.25) is 0 Å². The highest BCUT2D eigenvalue weighted by molar-refractivity contribution is 5.95. The highest BCUT2D eigenvalue weighted by Gasteiger charge is 2.15. The Balaban J connectivity index is 1.21. The molecule has 0 aliphatic carbocycles. The Morgan fingerprint density at radius 1 is 1.00 bits per heavy atom. The lowest BCUT2D eigenvalue weighted by molar-refractivity contribution is -0.115. The molecular weight excluding hydrogens is 491 g/mol. The molecule has 38 heavy (non-hydrogen) atoms. The van der Waals surface area contributed by atoms with E-state index in [-0.39, 0.29) is 29.6 Å². The summed E-state index contributed by atoms with van der Waals surface area (Å²) in [5, 5.41) is 6.85. The summed E-state index contributed by atoms with van der Waals surface area (Å²) in [5.41, 5.74) is 7.23. The number of carbonyl (C=O) groups is 2. The number of amides is 2. The van der Waals surface area contributed by atoms with Crippen molar-refractivity contribution < 1.29 is 23.5 Å². The SMILES string of the molecule is NC(=O)c1cccnc1Oc1ccc(CC(=O)Nc2nc3cc(OCc4ccccc4)ccn3n2)cc1F. The predicted molar refractivity (Wildman–Crippen MR) is 135 cm³/mol. The number of hydrogen-bond donors (Lipinski definition) is 2. The van der Waals surface area contributed by atoms with Crippen LogP contribution in [-0.4, -0.2) is 31.4 Å². The Hall–Kier alpha value is -5.32. The molecule has 10 nitrogen and oxygen atoms in total. The van der Waals surface area contributed by atoms with Gasteiger partial charge in [-0.15, -0.1) is 5.10 Å². The van der Waals surface area contributed by atoms with E-state index in [1.165, 1.54) is 35.0 Å². The van der Waals surface area contributed by atoms with Crippen molar-refractivity contribution in [2.75, 3.05) is 5.32 Å². The molecule has 3 heterocycles. The monoisotopic (exact) mass is 512 g/mol. The summed E-state index contributed by atoms with van der Waals surface area (Å²) in [4.78, 5) is 32.3. The van der Waals surface area contributed by atoms with Crippen LogP contribution in [0.25, 0.3) is 5.65 Å². The molecule has 0 fully saturated rings. The minimum Gasteiger partial charge on any atom is -0.489 e. The van der Waals surface area contributed by atoms with Crippen LogP contribution in [0.15, 0.2) is 85.2 Å². The first kappa shape index (κ1) is 24.4. The van der Waals surface area contributed by atoms with Gasteiger partial charge in [0.2, 0.25) is 17.7 Å². The first-order valence-electron chi connectivity index (χ1n) is 11.5. The zero-order valence-electron chi connectivity index (χ0n) is 19.9. The smallest absolute Gasteiger partial charge is 0.254 e. The summed E-state index contributed by atoms with van der Waals surface area (Å²) < 4.78 is 27.4. The molecule has 0 aliphatic heterocycles. The molecule has 0 atom stereocenters. The van der Waals surface area contributed by atoms with Crippen LogP contribution in [0.1, 0.15) is 21.5 Å². The number of hydrogen-bond acceptors (Lipinski definition) is 7. The lowest BCUT2D eigenvalue weighted by Crippen LogP contribution is -2.15. The number of anilines is 1. The van der Waals surface area contributed by atoms with Crippen molar-refractivity contribution in [1.29, 1.82) is 0 Å². The van der Waals surface area contributed by atoms with Crippen molar-refractivity contribution >= 4 is 23.4 Å². The zero-order valence-corrected chi connectivity index (χ0v) is 19.9. The maximum absolute atomic E-state index is 14.7. The number of benzene rings is 2. The lowest BCUT2D eigenvalue weighted by Gasteiger charge is -2.09. The number of halogens is 1. The van der Waals surface area contributed by atoms with Crippen molar-refractivity contribution in [2.24, 2.45) is 5.73 Å². The van der Waals surface area contributed by atoms with Crippen LogP contribution in [0.3, 0.4) is 0 Å². The van der Waals surface area contributed by atoms with E-state index in [1.54, 1.807) is 18.3 Å². The maximum atomic E-state index is 14.7. The Morgan fingerprint density at radius 2 is 1.84 bits per heavy atom. The second-order valence-electron chi connectivity index (χ2n) is 8.19. The molecule has 2 amide bonds. The van der Waals surface area contributed by atoms with E-state index in [9.17, 15) is 14.0 Å². The summed E-state index contributed by atoms with van der Waals surface area (Å²) in [6.45, 7) is 0.406. The number of aromatic nitrogens is 4. The van der Waals surface area contributed by atoms with Gasteiger partial charge < -0.3 is 15.2 Å². The molecule has 0 aliphatic rings. The van der Waals surface area contributed by atoms with Crippen LogP contribution < -0.4 is 20.5 Å². The van der Waals surface area contributed by atoms with Crippen molar-refractivity contribution in [3.8, 4) is 17.4 Å². The number of carbonyl (C=O) groups excluding carboxylic acids is 2. The summed E-state index contributed by atoms with van der Waals surface area (Å²) in [6, 6.07) is 20.2. The second-order valence-corrected chi connectivity index (χ2v) is 8.19. The van der Waals surface area contributed by atoms with Crippen LogP contribution in [0.5, 0.6) is 17.4 Å². The van der Waals surface area contributed by atoms with Gasteiger partial charge >= 0.3 is 0 Å². The van der Waals surface area contributed by atoms with E-state index in [1.807, 2.05) is 30.3 Å². The Labute approximate surface area is 215 Å². The number of nitrogens with zero attached hydrogens (tertiary/aromatic N) is 4. The van der Waals surface area contributed by atoms with Crippen LogP contribution >= 0.6 is 0 Å². The predicted octanol–water partition coefficient (Wildman–Crippen LogP) is 3.91. The summed E-state index contributed by atoms with van der Waals surface area (Å²) in [6.07, 6.45) is 2.94. The summed E-state index contributed by atoms with van der Waals surface area (Å²) in [7, 11) is 0. The Morgan fingerprint density at radius 3 is 2.63 bits per heavy atom. The molecule has 5 aromatic rings. The first-order valence-corrected chi connectivity index (χ1v) is 11.5. The molecule has 0 spiro atoms. The van der Waals surface area contributed by atoms with Crippen LogP contribution in [0, 0.1) is 5.82 Å². The van der Waals surface area contributed by atoms with Gasteiger partial charge in [0.15, 0.2) is 17.2 Å². The Bertz CT molecular complexity index is 1620. The molecule has 0 saturated heterocycles. The molecule has 0 bridgehead atoms. The third-order valence-corrected chi connectivity index (χ3v) is 5.41. The molecule has 3 N–H and O–H groups in total. The minimum atomic E-state index is -0.752. The summed E-state index contributed by atoms with van der Waals surface area (Å²) in [5.74, 6) is -1.49. The van der Waals surface area contributed by atoms with Gasteiger partial charge in [-0.1, -0.05) is 36.4 Å². The number of nitrogens with two attached hydrogens (primary N) is 1. The molecule has 11 heteroatoms. The van der Waals surface area contributed by atoms with Crippen molar-refractivity contribution in [2.45, 2.75) is 13.0 Å². The van der Waals surface area contributed by atoms with Gasteiger partial charge in [-0.2, -0.15) is 4.98 Å². The van der Waals surface area contributed by atoms with Gasteiger partial charge in [0.1, 0.15) is 17.9 Å². The van der Waals surface area contributed by atoms with E-state index < -0.39 is 17.6 Å². The summed E-state index contributed by atoms with van der Waals surface area (Å²) >= 11 is 0. The number of nitrogens with one attached hydrogen (secondary N) is 1. The third-order valence-electron chi connectivity index (χ3n) is 5.41. The highest BCUT2D eigenvalue weighted by atomic mass is 19.1. The van der Waals surface area contributed by atoms with E-state index in [0.717, 1.165) is 11.6 Å². The highest BCUT2D eigenvalue weighted by Crippen LogP contribution is 2.26. The molecule has 2 aromatic carbocycles. The molecule has 3 aromatic heterocycles. The zero-order chi connectivity index (χ0) is 26.5. The number of pyridine rings is 2. The van der Waals surface area contributed by atoms with Gasteiger partial charge in [0, 0.05) is 18.5 Å². The van der Waals surface area contributed by atoms with Gasteiger partial charge in [0.25, 0.3) is 5.91 Å². The number of rotatable bonds is 9. The number of primary amides is 1. The quantitative estimate of drug-likeness (QED) is 0.306. The lowest BCUT2D eigenvalue weighted by atomic mass is 10.1. The molecule has 0 radical (unpaired) electrons. The van der Waals surface area contributed by atoms with E-state index in [4.69, 9.17) is 15.2 Å². The molecular formula is C27H21FN6O4. The van der Waals surface area contributed by atoms with Gasteiger partial charge in [0.05, 0.1) is 6.42 Å². The number of ether oxygens (including phenoxy) is 2. The fourth-order valence-corrected chi connectivity index (χ4v) is 3.60. The van der Waals surface area contributed by atoms with Crippen molar-refractivity contribution in [3.05, 3.63) is 108 Å². The average molecular weight is 513 g/mol. The topological polar surface area (TPSA) is 134 Å². The normalized spacial score (nSPS) is 10.8. The van der Waals surface area contributed by atoms with Crippen LogP contribution in [0.4, 0.5) is 10.3 Å². The van der Waals surface area contributed by atoms with E-state index in [0.29, 0.717) is 23.6 Å². The van der Waals surface area contributed by atoms with Crippen LogP contribution in [-0.2, 0) is 17.8 Å². The van der Waals surface area contributed by atoms with Gasteiger partial charge in [-0.3, -0.25) is 14.9 Å².